The molecule has 2 amide bonds. The smallest absolute Gasteiger partial charge is 0.412 e. The minimum atomic E-state index is -0.975. The Morgan fingerprint density at radius 3 is 2.25 bits per heavy atom. The quantitative estimate of drug-likeness (QED) is 0.378. The second-order valence-electron chi connectivity index (χ2n) is 11.9. The Hall–Kier alpha value is -3.36. The molecule has 4 rings (SSSR count). The van der Waals surface area contributed by atoms with E-state index in [0.717, 1.165) is 11.1 Å². The Labute approximate surface area is 237 Å². The molecule has 0 spiro atoms. The molecule has 2 aliphatic heterocycles. The highest BCUT2D eigenvalue weighted by Gasteiger charge is 2.56. The molecule has 0 aromatic heterocycles. The second-order valence-corrected chi connectivity index (χ2v) is 11.9. The van der Waals surface area contributed by atoms with Crippen LogP contribution >= 0.6 is 0 Å². The van der Waals surface area contributed by atoms with Gasteiger partial charge in [0, 0.05) is 0 Å². The van der Waals surface area contributed by atoms with Crippen molar-refractivity contribution in [3.05, 3.63) is 84.4 Å². The van der Waals surface area contributed by atoms with Crippen molar-refractivity contribution in [2.75, 3.05) is 13.2 Å². The van der Waals surface area contributed by atoms with E-state index in [0.29, 0.717) is 26.0 Å². The van der Waals surface area contributed by atoms with Crippen molar-refractivity contribution in [2.45, 2.75) is 89.7 Å². The van der Waals surface area contributed by atoms with Crippen LogP contribution in [-0.4, -0.2) is 70.8 Å². The van der Waals surface area contributed by atoms with Crippen LogP contribution in [0.3, 0.4) is 0 Å². The van der Waals surface area contributed by atoms with E-state index in [1.165, 1.54) is 0 Å². The second kappa shape index (κ2) is 12.4. The Morgan fingerprint density at radius 2 is 1.65 bits per heavy atom. The van der Waals surface area contributed by atoms with E-state index in [9.17, 15) is 9.59 Å². The number of hydrogen-bond acceptors (Lipinski definition) is 6. The van der Waals surface area contributed by atoms with Crippen LogP contribution < -0.4 is 0 Å². The molecule has 2 aromatic rings. The van der Waals surface area contributed by atoms with Crippen molar-refractivity contribution in [1.82, 2.24) is 9.80 Å². The Bertz CT molecular complexity index is 1150. The van der Waals surface area contributed by atoms with Gasteiger partial charge in [0.1, 0.15) is 24.0 Å². The molecular weight excluding hydrogens is 508 g/mol. The molecule has 8 nitrogen and oxygen atoms in total. The van der Waals surface area contributed by atoms with E-state index in [1.54, 1.807) is 15.9 Å². The van der Waals surface area contributed by atoms with Crippen LogP contribution in [0.4, 0.5) is 9.59 Å². The lowest BCUT2D eigenvalue weighted by atomic mass is 9.94. The van der Waals surface area contributed by atoms with Crippen LogP contribution in [0.5, 0.6) is 0 Å². The van der Waals surface area contributed by atoms with Crippen molar-refractivity contribution in [1.29, 1.82) is 0 Å². The minimum absolute atomic E-state index is 0.153. The first-order chi connectivity index (χ1) is 19.0. The first-order valence-corrected chi connectivity index (χ1v) is 13.9. The largest absolute Gasteiger partial charge is 0.444 e. The molecule has 2 aromatic carbocycles. The monoisotopic (exact) mass is 550 g/mol. The fourth-order valence-corrected chi connectivity index (χ4v) is 5.55. The molecular formula is C32H42N2O6. The van der Waals surface area contributed by atoms with E-state index in [4.69, 9.17) is 18.9 Å². The maximum Gasteiger partial charge on any atom is 0.412 e. The van der Waals surface area contributed by atoms with Gasteiger partial charge in [-0.1, -0.05) is 66.7 Å². The van der Waals surface area contributed by atoms with E-state index in [-0.39, 0.29) is 18.8 Å². The predicted molar refractivity (Wildman–Crippen MR) is 153 cm³/mol. The van der Waals surface area contributed by atoms with Crippen LogP contribution in [0, 0.1) is 0 Å². The van der Waals surface area contributed by atoms with Gasteiger partial charge in [-0.25, -0.2) is 9.59 Å². The van der Waals surface area contributed by atoms with E-state index < -0.39 is 35.7 Å². The summed E-state index contributed by atoms with van der Waals surface area (Å²) in [4.78, 5) is 30.5. The van der Waals surface area contributed by atoms with E-state index in [2.05, 4.69) is 6.58 Å². The summed E-state index contributed by atoms with van der Waals surface area (Å²) in [6, 6.07) is 18.8. The molecule has 2 saturated heterocycles. The summed E-state index contributed by atoms with van der Waals surface area (Å²) in [7, 11) is 0. The van der Waals surface area contributed by atoms with Gasteiger partial charge in [0.2, 0.25) is 0 Å². The molecule has 0 radical (unpaired) electrons. The van der Waals surface area contributed by atoms with Gasteiger partial charge >= 0.3 is 12.2 Å². The van der Waals surface area contributed by atoms with Crippen molar-refractivity contribution in [2.24, 2.45) is 0 Å². The van der Waals surface area contributed by atoms with Gasteiger partial charge in [-0.3, -0.25) is 9.80 Å². The first kappa shape index (κ1) is 29.6. The topological polar surface area (TPSA) is 77.5 Å². The average Bonchev–Trinajstić information content (AvgIpc) is 3.44. The van der Waals surface area contributed by atoms with Gasteiger partial charge in [0.15, 0.2) is 0 Å². The highest BCUT2D eigenvalue weighted by Crippen LogP contribution is 2.40. The molecule has 4 atom stereocenters. The van der Waals surface area contributed by atoms with Crippen LogP contribution in [-0.2, 0) is 32.0 Å². The number of ether oxygens (including phenoxy) is 4. The summed E-state index contributed by atoms with van der Waals surface area (Å²) < 4.78 is 24.2. The van der Waals surface area contributed by atoms with Crippen LogP contribution in [0.2, 0.25) is 0 Å². The molecule has 216 valence electrons. The normalized spacial score (nSPS) is 24.1. The van der Waals surface area contributed by atoms with Crippen LogP contribution in [0.25, 0.3) is 0 Å². The number of amides is 2. The molecule has 0 saturated carbocycles. The lowest BCUT2D eigenvalue weighted by Gasteiger charge is -2.34. The maximum absolute atomic E-state index is 13.7. The highest BCUT2D eigenvalue weighted by atomic mass is 16.6. The minimum Gasteiger partial charge on any atom is -0.444 e. The predicted octanol–water partition coefficient (Wildman–Crippen LogP) is 5.95. The van der Waals surface area contributed by atoms with E-state index >= 15 is 0 Å². The zero-order valence-electron chi connectivity index (χ0n) is 24.2. The number of nitrogens with zero attached hydrogens (tertiary/aromatic N) is 2. The summed E-state index contributed by atoms with van der Waals surface area (Å²) in [6.07, 6.45) is 1.19. The zero-order chi connectivity index (χ0) is 28.9. The molecule has 2 aliphatic rings. The highest BCUT2D eigenvalue weighted by molar-refractivity contribution is 5.71. The van der Waals surface area contributed by atoms with Crippen molar-refractivity contribution >= 4 is 12.2 Å². The third-order valence-corrected chi connectivity index (χ3v) is 7.17. The molecule has 0 N–H and O–H groups in total. The summed E-state index contributed by atoms with van der Waals surface area (Å²) in [5.74, 6) is 0. The Morgan fingerprint density at radius 1 is 1.02 bits per heavy atom. The van der Waals surface area contributed by atoms with Gasteiger partial charge in [-0.15, -0.1) is 6.58 Å². The summed E-state index contributed by atoms with van der Waals surface area (Å²) in [6.45, 7) is 13.9. The summed E-state index contributed by atoms with van der Waals surface area (Å²) in [5.41, 5.74) is 0.325. The lowest BCUT2D eigenvalue weighted by molar-refractivity contribution is -0.0867. The molecule has 2 fully saturated rings. The SMILES string of the molecule is C=CCO[C@@H]1C[C@H]([C@H]2OC(C)(C)N(C(=O)OCc3ccccc3)[C@H]2Cc2ccccc2)N(C(=O)OC(C)(C)C)C1. The van der Waals surface area contributed by atoms with Gasteiger partial charge < -0.3 is 18.9 Å². The number of likely N-dealkylation sites (tertiary alicyclic amines) is 1. The molecule has 8 heteroatoms. The average molecular weight is 551 g/mol. The maximum atomic E-state index is 13.7. The lowest BCUT2D eigenvalue weighted by Crippen LogP contribution is -2.52. The summed E-state index contributed by atoms with van der Waals surface area (Å²) >= 11 is 0. The van der Waals surface area contributed by atoms with Gasteiger partial charge in [-0.2, -0.15) is 0 Å². The fraction of sp³-hybridized carbons (Fsp3) is 0.500. The van der Waals surface area contributed by atoms with Crippen molar-refractivity contribution < 1.29 is 28.5 Å². The zero-order valence-corrected chi connectivity index (χ0v) is 24.2. The molecule has 0 aliphatic carbocycles. The standard InChI is InChI=1S/C32H42N2O6/c1-7-18-37-25-20-26(33(21-25)29(35)40-31(2,3)4)28-27(19-23-14-10-8-11-15-23)34(32(5,6)39-28)30(36)38-22-24-16-12-9-13-17-24/h7-17,25-28H,1,18-22H2,2-6H3/t25-,26-,27+,28-/m1/s1. The Balaban J connectivity index is 1.65. The van der Waals surface area contributed by atoms with Gasteiger partial charge in [0.25, 0.3) is 0 Å². The third kappa shape index (κ3) is 7.23. The number of benzene rings is 2. The number of carbonyl (C=O) groups excluding carboxylic acids is 2. The molecule has 0 bridgehead atoms. The van der Waals surface area contributed by atoms with Gasteiger partial charge in [-0.05, 0) is 58.6 Å². The van der Waals surface area contributed by atoms with E-state index in [1.807, 2.05) is 95.3 Å². The molecule has 2 heterocycles. The molecule has 40 heavy (non-hydrogen) atoms. The van der Waals surface area contributed by atoms with Crippen LogP contribution in [0.15, 0.2) is 73.3 Å². The van der Waals surface area contributed by atoms with Crippen LogP contribution in [0.1, 0.15) is 52.2 Å². The number of carbonyl (C=O) groups is 2. The number of rotatable bonds is 8. The Kier molecular flexibility index (Phi) is 9.21. The first-order valence-electron chi connectivity index (χ1n) is 13.9. The fourth-order valence-electron chi connectivity index (χ4n) is 5.55. The third-order valence-electron chi connectivity index (χ3n) is 7.17. The van der Waals surface area contributed by atoms with Crippen molar-refractivity contribution in [3.63, 3.8) is 0 Å². The number of hydrogen-bond donors (Lipinski definition) is 0. The summed E-state index contributed by atoms with van der Waals surface area (Å²) in [5, 5.41) is 0. The molecule has 0 unspecified atom stereocenters. The van der Waals surface area contributed by atoms with Crippen molar-refractivity contribution in [3.8, 4) is 0 Å². The van der Waals surface area contributed by atoms with Gasteiger partial charge in [0.05, 0.1) is 31.3 Å².